The van der Waals surface area contributed by atoms with Crippen LogP contribution in [0.1, 0.15) is 0 Å². The number of anilines is 1. The summed E-state index contributed by atoms with van der Waals surface area (Å²) in [5.41, 5.74) is -2.22. The fourth-order valence-corrected chi connectivity index (χ4v) is 2.26. The second kappa shape index (κ2) is 7.43. The monoisotopic (exact) mass is 350 g/mol. The quantitative estimate of drug-likeness (QED) is 0.322. The normalized spacial score (nSPS) is 10.3. The maximum Gasteiger partial charge on any atom is 0.417 e. The summed E-state index contributed by atoms with van der Waals surface area (Å²) in [7, 11) is 2.26. The van der Waals surface area contributed by atoms with E-state index in [0.717, 1.165) is 19.1 Å². The molecule has 0 aliphatic heterocycles. The van der Waals surface area contributed by atoms with E-state index in [1.165, 1.54) is 12.1 Å². The van der Waals surface area contributed by atoms with Crippen LogP contribution in [0.5, 0.6) is 0 Å². The van der Waals surface area contributed by atoms with Crippen LogP contribution >= 0.6 is 0 Å². The minimum atomic E-state index is -1.20. The Kier molecular flexibility index (Phi) is 5.32. The zero-order valence-corrected chi connectivity index (χ0v) is 13.4. The molecule has 1 aromatic carbocycles. The first-order valence-corrected chi connectivity index (χ1v) is 6.97. The van der Waals surface area contributed by atoms with Crippen molar-refractivity contribution in [3.05, 3.63) is 44.8 Å². The Morgan fingerprint density at radius 2 is 1.72 bits per heavy atom. The number of nitro groups is 1. The fourth-order valence-electron chi connectivity index (χ4n) is 2.26. The number of carbonyl (C=O) groups excluding carboxylic acids is 2. The molecular weight excluding hydrogens is 336 g/mol. The number of hydrogen-bond acceptors (Lipinski definition) is 9. The van der Waals surface area contributed by atoms with Gasteiger partial charge in [0.2, 0.25) is 0 Å². The number of methoxy groups -OCH3 is 2. The van der Waals surface area contributed by atoms with Gasteiger partial charge >= 0.3 is 23.3 Å². The van der Waals surface area contributed by atoms with Gasteiger partial charge in [0, 0.05) is 5.39 Å². The summed E-state index contributed by atoms with van der Waals surface area (Å²) >= 11 is 0. The first-order chi connectivity index (χ1) is 11.9. The van der Waals surface area contributed by atoms with Crippen molar-refractivity contribution in [2.45, 2.75) is 0 Å². The van der Waals surface area contributed by atoms with E-state index in [4.69, 9.17) is 4.42 Å². The fraction of sp³-hybridized carbons (Fsp3) is 0.267. The van der Waals surface area contributed by atoms with E-state index in [1.807, 2.05) is 0 Å². The Hall–Kier alpha value is -3.43. The highest BCUT2D eigenvalue weighted by atomic mass is 16.6. The van der Waals surface area contributed by atoms with Gasteiger partial charge in [-0.25, -0.2) is 4.79 Å². The van der Waals surface area contributed by atoms with Crippen molar-refractivity contribution in [1.29, 1.82) is 0 Å². The van der Waals surface area contributed by atoms with E-state index >= 15 is 0 Å². The van der Waals surface area contributed by atoms with Gasteiger partial charge in [-0.2, -0.15) is 0 Å². The molecule has 0 spiro atoms. The molecule has 10 heteroatoms. The van der Waals surface area contributed by atoms with E-state index in [2.05, 4.69) is 9.47 Å². The molecule has 0 bridgehead atoms. The second-order valence-electron chi connectivity index (χ2n) is 4.85. The number of fused-ring (bicyclic) bond motifs is 1. The molecule has 25 heavy (non-hydrogen) atoms. The molecule has 0 unspecified atom stereocenters. The molecule has 132 valence electrons. The lowest BCUT2D eigenvalue weighted by Gasteiger charge is -2.22. The molecule has 0 saturated heterocycles. The minimum absolute atomic E-state index is 0.0767. The number of ether oxygens (including phenoxy) is 2. The average molecular weight is 350 g/mol. The Balaban J connectivity index is 2.76. The Labute approximate surface area is 140 Å². The number of para-hydroxylation sites is 1. The summed E-state index contributed by atoms with van der Waals surface area (Å²) in [5.74, 6) is -1.51. The Bertz CT molecular complexity index is 871. The molecule has 0 amide bonds. The summed E-state index contributed by atoms with van der Waals surface area (Å²) in [6, 6.07) is 6.07. The van der Waals surface area contributed by atoms with Gasteiger partial charge in [0.1, 0.15) is 24.4 Å². The van der Waals surface area contributed by atoms with Crippen LogP contribution in [0.3, 0.4) is 0 Å². The van der Waals surface area contributed by atoms with Gasteiger partial charge in [-0.1, -0.05) is 12.1 Å². The molecular formula is C15H14N2O8. The van der Waals surface area contributed by atoms with E-state index in [0.29, 0.717) is 0 Å². The minimum Gasteiger partial charge on any atom is -0.468 e. The van der Waals surface area contributed by atoms with Crippen LogP contribution < -0.4 is 10.5 Å². The van der Waals surface area contributed by atoms with Crippen molar-refractivity contribution >= 4 is 34.3 Å². The molecule has 0 aliphatic carbocycles. The summed E-state index contributed by atoms with van der Waals surface area (Å²) in [4.78, 5) is 46.9. The van der Waals surface area contributed by atoms with E-state index in [9.17, 15) is 24.5 Å². The van der Waals surface area contributed by atoms with Gasteiger partial charge in [0.15, 0.2) is 0 Å². The number of carbonyl (C=O) groups is 2. The zero-order valence-electron chi connectivity index (χ0n) is 13.4. The van der Waals surface area contributed by atoms with Crippen molar-refractivity contribution in [3.8, 4) is 0 Å². The molecule has 1 aromatic heterocycles. The third-order valence-electron chi connectivity index (χ3n) is 3.36. The molecule has 0 aliphatic rings. The summed E-state index contributed by atoms with van der Waals surface area (Å²) in [6.45, 7) is -1.00. The second-order valence-corrected chi connectivity index (χ2v) is 4.85. The molecule has 10 nitrogen and oxygen atoms in total. The van der Waals surface area contributed by atoms with Crippen LogP contribution in [0.2, 0.25) is 0 Å². The van der Waals surface area contributed by atoms with Gasteiger partial charge in [-0.15, -0.1) is 0 Å². The van der Waals surface area contributed by atoms with Crippen LogP contribution in [0.15, 0.2) is 33.5 Å². The third kappa shape index (κ3) is 3.74. The standard InChI is InChI=1S/C15H14N2O8/c1-23-11(18)7-16(8-12(19)24-2)13-9-5-3-4-6-10(9)25-15(20)14(13)17(21)22/h3-6H,7-8H2,1-2H3. The molecule has 0 atom stereocenters. The predicted octanol–water partition coefficient (Wildman–Crippen LogP) is 0.854. The van der Waals surface area contributed by atoms with Crippen LogP contribution in [0.4, 0.5) is 11.4 Å². The van der Waals surface area contributed by atoms with Crippen molar-refractivity contribution < 1.29 is 28.4 Å². The van der Waals surface area contributed by atoms with Crippen LogP contribution in [-0.2, 0) is 19.1 Å². The number of rotatable bonds is 6. The Morgan fingerprint density at radius 1 is 1.16 bits per heavy atom. The molecule has 0 fully saturated rings. The summed E-state index contributed by atoms with van der Waals surface area (Å²) < 4.78 is 14.1. The highest BCUT2D eigenvalue weighted by Gasteiger charge is 2.31. The van der Waals surface area contributed by atoms with Gasteiger partial charge in [-0.05, 0) is 12.1 Å². The molecule has 2 rings (SSSR count). The van der Waals surface area contributed by atoms with Gasteiger partial charge < -0.3 is 18.8 Å². The van der Waals surface area contributed by atoms with Crippen LogP contribution in [0.25, 0.3) is 11.0 Å². The lowest BCUT2D eigenvalue weighted by atomic mass is 10.1. The largest absolute Gasteiger partial charge is 0.468 e. The number of nitrogens with zero attached hydrogens (tertiary/aromatic N) is 2. The molecule has 0 saturated carbocycles. The topological polar surface area (TPSA) is 129 Å². The van der Waals surface area contributed by atoms with Gasteiger partial charge in [0.25, 0.3) is 0 Å². The van der Waals surface area contributed by atoms with E-state index < -0.39 is 41.3 Å². The number of hydrogen-bond donors (Lipinski definition) is 0. The highest BCUT2D eigenvalue weighted by Crippen LogP contribution is 2.33. The highest BCUT2D eigenvalue weighted by molar-refractivity contribution is 5.97. The molecule has 0 radical (unpaired) electrons. The first kappa shape index (κ1) is 17.9. The number of benzene rings is 1. The maximum absolute atomic E-state index is 12.0. The van der Waals surface area contributed by atoms with Gasteiger partial charge in [0.05, 0.1) is 19.1 Å². The predicted molar refractivity (Wildman–Crippen MR) is 85.4 cm³/mol. The molecule has 0 N–H and O–H groups in total. The van der Waals surface area contributed by atoms with E-state index in [1.54, 1.807) is 12.1 Å². The van der Waals surface area contributed by atoms with Crippen molar-refractivity contribution in [1.82, 2.24) is 0 Å². The van der Waals surface area contributed by atoms with Crippen molar-refractivity contribution in [2.24, 2.45) is 0 Å². The average Bonchev–Trinajstić information content (AvgIpc) is 2.59. The van der Waals surface area contributed by atoms with Crippen molar-refractivity contribution in [3.63, 3.8) is 0 Å². The summed E-state index contributed by atoms with van der Waals surface area (Å²) in [6.07, 6.45) is 0. The molecule has 2 aromatic rings. The lowest BCUT2D eigenvalue weighted by molar-refractivity contribution is -0.386. The van der Waals surface area contributed by atoms with Crippen molar-refractivity contribution in [2.75, 3.05) is 32.2 Å². The summed E-state index contributed by atoms with van der Waals surface area (Å²) in [5, 5.41) is 11.6. The SMILES string of the molecule is COC(=O)CN(CC(=O)OC)c1c([N+](=O)[O-])c(=O)oc2ccccc12. The molecule has 1 heterocycles. The van der Waals surface area contributed by atoms with Crippen LogP contribution in [-0.4, -0.2) is 44.2 Å². The number of esters is 2. The smallest absolute Gasteiger partial charge is 0.417 e. The first-order valence-electron chi connectivity index (χ1n) is 6.97. The van der Waals surface area contributed by atoms with Gasteiger partial charge in [-0.3, -0.25) is 19.7 Å². The maximum atomic E-state index is 12.0. The van der Waals surface area contributed by atoms with Crippen LogP contribution in [0, 0.1) is 10.1 Å². The van der Waals surface area contributed by atoms with E-state index in [-0.39, 0.29) is 16.7 Å². The lowest BCUT2D eigenvalue weighted by Crippen LogP contribution is -2.37. The third-order valence-corrected chi connectivity index (χ3v) is 3.36. The zero-order chi connectivity index (χ0) is 18.6. The Morgan fingerprint density at radius 3 is 2.24 bits per heavy atom.